The number of hydrogen-bond acceptors (Lipinski definition) is 2. The third-order valence-corrected chi connectivity index (χ3v) is 3.34. The van der Waals surface area contributed by atoms with Gasteiger partial charge in [-0.25, -0.2) is 0 Å². The Hall–Kier alpha value is -0.660. The molecule has 1 aliphatic carbocycles. The van der Waals surface area contributed by atoms with Crippen molar-refractivity contribution in [2.75, 3.05) is 0 Å². The average molecular weight is 210 g/mol. The van der Waals surface area contributed by atoms with E-state index in [0.717, 1.165) is 6.42 Å². The highest BCUT2D eigenvalue weighted by atomic mass is 16.2. The monoisotopic (exact) mass is 210 g/mol. The smallest absolute Gasteiger partial charge is 0.149 e. The SMILES string of the molecule is CCC1CC(=O)C(C)(CC(C)(C)C)C1=O. The van der Waals surface area contributed by atoms with Crippen LogP contribution in [0.5, 0.6) is 0 Å². The number of hydrogen-bond donors (Lipinski definition) is 0. The van der Waals surface area contributed by atoms with Crippen LogP contribution in [0.1, 0.15) is 53.9 Å². The molecule has 0 aromatic rings. The molecule has 0 amide bonds. The van der Waals surface area contributed by atoms with Crippen molar-refractivity contribution in [3.8, 4) is 0 Å². The topological polar surface area (TPSA) is 34.1 Å². The lowest BCUT2D eigenvalue weighted by Crippen LogP contribution is -2.34. The van der Waals surface area contributed by atoms with E-state index in [-0.39, 0.29) is 22.9 Å². The van der Waals surface area contributed by atoms with Gasteiger partial charge in [0.1, 0.15) is 11.6 Å². The van der Waals surface area contributed by atoms with Gasteiger partial charge in [0.15, 0.2) is 0 Å². The Bertz CT molecular complexity index is 285. The normalized spacial score (nSPS) is 32.5. The lowest BCUT2D eigenvalue weighted by atomic mass is 9.72. The van der Waals surface area contributed by atoms with Crippen molar-refractivity contribution in [1.82, 2.24) is 0 Å². The molecule has 0 radical (unpaired) electrons. The minimum Gasteiger partial charge on any atom is -0.299 e. The lowest BCUT2D eigenvalue weighted by molar-refractivity contribution is -0.136. The molecule has 0 bridgehead atoms. The number of carbonyl (C=O) groups is 2. The zero-order valence-corrected chi connectivity index (χ0v) is 10.5. The highest BCUT2D eigenvalue weighted by Crippen LogP contribution is 2.44. The predicted molar refractivity (Wildman–Crippen MR) is 60.6 cm³/mol. The van der Waals surface area contributed by atoms with Crippen LogP contribution in [0.25, 0.3) is 0 Å². The molecule has 0 heterocycles. The summed E-state index contributed by atoms with van der Waals surface area (Å²) in [6.45, 7) is 10.1. The van der Waals surface area contributed by atoms with Crippen LogP contribution in [0.4, 0.5) is 0 Å². The van der Waals surface area contributed by atoms with Crippen molar-refractivity contribution in [2.24, 2.45) is 16.7 Å². The van der Waals surface area contributed by atoms with Crippen LogP contribution in [0.15, 0.2) is 0 Å². The van der Waals surface area contributed by atoms with Gasteiger partial charge in [-0.2, -0.15) is 0 Å². The molecule has 1 aliphatic rings. The van der Waals surface area contributed by atoms with Crippen molar-refractivity contribution in [2.45, 2.75) is 53.9 Å². The first-order valence-electron chi connectivity index (χ1n) is 5.78. The maximum absolute atomic E-state index is 12.1. The molecule has 2 atom stereocenters. The zero-order chi connectivity index (χ0) is 11.9. The molecule has 0 spiro atoms. The molecule has 0 aromatic carbocycles. The molecule has 2 heteroatoms. The summed E-state index contributed by atoms with van der Waals surface area (Å²) in [6, 6.07) is 0. The molecule has 1 fully saturated rings. The van der Waals surface area contributed by atoms with Crippen LogP contribution in [-0.2, 0) is 9.59 Å². The summed E-state index contributed by atoms with van der Waals surface area (Å²) >= 11 is 0. The predicted octanol–water partition coefficient (Wildman–Crippen LogP) is 3.00. The van der Waals surface area contributed by atoms with Gasteiger partial charge in [0.05, 0.1) is 5.41 Å². The van der Waals surface area contributed by atoms with Gasteiger partial charge in [-0.1, -0.05) is 27.7 Å². The molecule has 2 nitrogen and oxygen atoms in total. The van der Waals surface area contributed by atoms with Gasteiger partial charge >= 0.3 is 0 Å². The van der Waals surface area contributed by atoms with Crippen molar-refractivity contribution in [3.63, 3.8) is 0 Å². The van der Waals surface area contributed by atoms with Gasteiger partial charge in [0.2, 0.25) is 0 Å². The first kappa shape index (κ1) is 12.4. The zero-order valence-electron chi connectivity index (χ0n) is 10.5. The van der Waals surface area contributed by atoms with Gasteiger partial charge in [0.25, 0.3) is 0 Å². The quantitative estimate of drug-likeness (QED) is 0.657. The number of rotatable bonds is 2. The molecule has 86 valence electrons. The molecule has 1 saturated carbocycles. The summed E-state index contributed by atoms with van der Waals surface area (Å²) < 4.78 is 0. The first-order chi connectivity index (χ1) is 6.70. The summed E-state index contributed by atoms with van der Waals surface area (Å²) in [7, 11) is 0. The third kappa shape index (κ3) is 2.30. The van der Waals surface area contributed by atoms with Gasteiger partial charge in [-0.3, -0.25) is 9.59 Å². The fraction of sp³-hybridized carbons (Fsp3) is 0.846. The van der Waals surface area contributed by atoms with Crippen molar-refractivity contribution >= 4 is 11.6 Å². The van der Waals surface area contributed by atoms with E-state index in [1.54, 1.807) is 0 Å². The molecule has 0 aromatic heterocycles. The number of ketones is 2. The average Bonchev–Trinajstić information content (AvgIpc) is 2.27. The van der Waals surface area contributed by atoms with Crippen LogP contribution in [0, 0.1) is 16.7 Å². The summed E-state index contributed by atoms with van der Waals surface area (Å²) in [6.07, 6.45) is 1.93. The maximum Gasteiger partial charge on any atom is 0.149 e. The minimum atomic E-state index is -0.709. The van der Waals surface area contributed by atoms with Crippen LogP contribution < -0.4 is 0 Å². The van der Waals surface area contributed by atoms with Crippen molar-refractivity contribution in [3.05, 3.63) is 0 Å². The third-order valence-electron chi connectivity index (χ3n) is 3.34. The van der Waals surface area contributed by atoms with Crippen LogP contribution in [0.2, 0.25) is 0 Å². The maximum atomic E-state index is 12.1. The molecular weight excluding hydrogens is 188 g/mol. The lowest BCUT2D eigenvalue weighted by Gasteiger charge is -2.29. The van der Waals surface area contributed by atoms with Crippen LogP contribution in [-0.4, -0.2) is 11.6 Å². The number of carbonyl (C=O) groups excluding carboxylic acids is 2. The van der Waals surface area contributed by atoms with E-state index >= 15 is 0 Å². The highest BCUT2D eigenvalue weighted by molar-refractivity contribution is 6.13. The standard InChI is InChI=1S/C13H22O2/c1-6-9-7-10(14)13(5,11(9)15)8-12(2,3)4/h9H,6-8H2,1-5H3. The van der Waals surface area contributed by atoms with Gasteiger partial charge in [0, 0.05) is 12.3 Å². The van der Waals surface area contributed by atoms with E-state index in [2.05, 4.69) is 20.8 Å². The van der Waals surface area contributed by atoms with E-state index in [1.807, 2.05) is 13.8 Å². The van der Waals surface area contributed by atoms with Gasteiger partial charge in [-0.15, -0.1) is 0 Å². The Labute approximate surface area is 92.4 Å². The Morgan fingerprint density at radius 2 is 1.87 bits per heavy atom. The van der Waals surface area contributed by atoms with E-state index in [4.69, 9.17) is 0 Å². The van der Waals surface area contributed by atoms with E-state index in [1.165, 1.54) is 0 Å². The van der Waals surface area contributed by atoms with E-state index in [0.29, 0.717) is 12.8 Å². The van der Waals surface area contributed by atoms with Gasteiger partial charge in [-0.05, 0) is 25.2 Å². The van der Waals surface area contributed by atoms with Crippen molar-refractivity contribution in [1.29, 1.82) is 0 Å². The Morgan fingerprint density at radius 3 is 2.20 bits per heavy atom. The Kier molecular flexibility index (Phi) is 3.09. The largest absolute Gasteiger partial charge is 0.299 e. The minimum absolute atomic E-state index is 0.0233. The Balaban J connectivity index is 2.93. The van der Waals surface area contributed by atoms with E-state index in [9.17, 15) is 9.59 Å². The number of Topliss-reactive ketones (excluding diaryl/α,β-unsaturated/α-hetero) is 2. The summed E-state index contributed by atoms with van der Waals surface area (Å²) in [5, 5.41) is 0. The van der Waals surface area contributed by atoms with Crippen molar-refractivity contribution < 1.29 is 9.59 Å². The molecule has 1 rings (SSSR count). The summed E-state index contributed by atoms with van der Waals surface area (Å²) in [5.74, 6) is 0.295. The second kappa shape index (κ2) is 3.73. The van der Waals surface area contributed by atoms with E-state index < -0.39 is 5.41 Å². The molecule has 0 aliphatic heterocycles. The second-order valence-electron chi connectivity index (χ2n) is 6.17. The summed E-state index contributed by atoms with van der Waals surface area (Å²) in [5.41, 5.74) is -0.679. The molecular formula is C13H22O2. The molecule has 2 unspecified atom stereocenters. The molecule has 0 saturated heterocycles. The summed E-state index contributed by atoms with van der Waals surface area (Å²) in [4.78, 5) is 24.1. The highest BCUT2D eigenvalue weighted by Gasteiger charge is 2.51. The fourth-order valence-electron chi connectivity index (χ4n) is 2.71. The molecule has 0 N–H and O–H groups in total. The second-order valence-corrected chi connectivity index (χ2v) is 6.17. The van der Waals surface area contributed by atoms with Crippen LogP contribution >= 0.6 is 0 Å². The molecule has 15 heavy (non-hydrogen) atoms. The Morgan fingerprint density at radius 1 is 1.33 bits per heavy atom. The van der Waals surface area contributed by atoms with Gasteiger partial charge < -0.3 is 0 Å². The van der Waals surface area contributed by atoms with Crippen LogP contribution in [0.3, 0.4) is 0 Å². The fourth-order valence-corrected chi connectivity index (χ4v) is 2.71. The first-order valence-corrected chi connectivity index (χ1v) is 5.78.